The molecule has 5 aromatic rings. The zero-order chi connectivity index (χ0) is 33.9. The van der Waals surface area contributed by atoms with Crippen molar-refractivity contribution in [3.05, 3.63) is 99.5 Å². The highest BCUT2D eigenvalue weighted by Crippen LogP contribution is 2.25. The third-order valence-corrected chi connectivity index (χ3v) is 9.03. The first-order valence-electron chi connectivity index (χ1n) is 15.5. The van der Waals surface area contributed by atoms with Crippen LogP contribution in [-0.2, 0) is 11.2 Å². The predicted molar refractivity (Wildman–Crippen MR) is 175 cm³/mol. The van der Waals surface area contributed by atoms with Crippen molar-refractivity contribution in [3.63, 3.8) is 0 Å². The fourth-order valence-corrected chi connectivity index (χ4v) is 6.33. The first-order chi connectivity index (χ1) is 23.0. The SMILES string of the molecule is Cc1oc2nc1C(=O)N[C@H](C)c1nc(cs1)C(=O)N[C@H](Cc1ccccc1)CN(C(=O)c1ccn3ncnc3c1)CC(=O)N[C@H]2C(C)C. The van der Waals surface area contributed by atoms with E-state index in [9.17, 15) is 19.2 Å². The molecule has 3 N–H and O–H groups in total. The summed E-state index contributed by atoms with van der Waals surface area (Å²) in [5.41, 5.74) is 1.94. The van der Waals surface area contributed by atoms with E-state index in [1.54, 1.807) is 37.6 Å². The molecule has 1 aliphatic heterocycles. The molecule has 1 aromatic carbocycles. The lowest BCUT2D eigenvalue weighted by Gasteiger charge is -2.29. The Kier molecular flexibility index (Phi) is 9.30. The Bertz CT molecular complexity index is 1970. The Labute approximate surface area is 280 Å². The van der Waals surface area contributed by atoms with Crippen molar-refractivity contribution in [2.75, 3.05) is 13.1 Å². The van der Waals surface area contributed by atoms with Crippen molar-refractivity contribution in [1.82, 2.24) is 45.4 Å². The molecule has 0 aliphatic carbocycles. The van der Waals surface area contributed by atoms with E-state index < -0.39 is 41.8 Å². The van der Waals surface area contributed by atoms with E-state index in [0.29, 0.717) is 22.6 Å². The highest BCUT2D eigenvalue weighted by molar-refractivity contribution is 7.09. The molecule has 5 heterocycles. The fraction of sp³-hybridized carbons (Fsp3) is 0.333. The molecule has 248 valence electrons. The quantitative estimate of drug-likeness (QED) is 0.259. The molecule has 4 bridgehead atoms. The average molecular weight is 670 g/mol. The summed E-state index contributed by atoms with van der Waals surface area (Å²) in [5, 5.41) is 15.1. The predicted octanol–water partition coefficient (Wildman–Crippen LogP) is 3.28. The van der Waals surface area contributed by atoms with Gasteiger partial charge in [-0.1, -0.05) is 44.2 Å². The number of thiazole rings is 1. The number of rotatable bonds is 4. The molecule has 0 fully saturated rings. The number of oxazole rings is 1. The van der Waals surface area contributed by atoms with Crippen LogP contribution in [0.15, 0.2) is 64.8 Å². The largest absolute Gasteiger partial charge is 0.443 e. The van der Waals surface area contributed by atoms with Crippen molar-refractivity contribution in [1.29, 1.82) is 0 Å². The van der Waals surface area contributed by atoms with Gasteiger partial charge in [0.25, 0.3) is 17.7 Å². The number of nitrogens with one attached hydrogen (secondary N) is 3. The van der Waals surface area contributed by atoms with Gasteiger partial charge in [0.2, 0.25) is 11.8 Å². The summed E-state index contributed by atoms with van der Waals surface area (Å²) in [5.74, 6) is -1.55. The van der Waals surface area contributed by atoms with Crippen molar-refractivity contribution < 1.29 is 23.6 Å². The molecule has 0 unspecified atom stereocenters. The van der Waals surface area contributed by atoms with Crippen molar-refractivity contribution in [3.8, 4) is 0 Å². The number of aryl methyl sites for hydroxylation is 1. The minimum absolute atomic E-state index is 0.00279. The summed E-state index contributed by atoms with van der Waals surface area (Å²) in [4.78, 5) is 69.3. The molecule has 48 heavy (non-hydrogen) atoms. The van der Waals surface area contributed by atoms with E-state index in [1.165, 1.54) is 27.1 Å². The van der Waals surface area contributed by atoms with Crippen LogP contribution in [-0.4, -0.2) is 72.2 Å². The Morgan fingerprint density at radius 1 is 1.06 bits per heavy atom. The number of hydrogen-bond acceptors (Lipinski definition) is 10. The van der Waals surface area contributed by atoms with Crippen molar-refractivity contribution >= 4 is 40.6 Å². The third-order valence-electron chi connectivity index (χ3n) is 8.00. The number of aromatic nitrogens is 5. The lowest BCUT2D eigenvalue weighted by molar-refractivity contribution is -0.123. The van der Waals surface area contributed by atoms with Gasteiger partial charge < -0.3 is 25.3 Å². The van der Waals surface area contributed by atoms with Gasteiger partial charge in [0.15, 0.2) is 11.3 Å². The maximum atomic E-state index is 14.1. The van der Waals surface area contributed by atoms with Crippen LogP contribution in [0.25, 0.3) is 5.65 Å². The Balaban J connectivity index is 1.40. The molecule has 14 nitrogen and oxygen atoms in total. The molecule has 15 heteroatoms. The van der Waals surface area contributed by atoms with Gasteiger partial charge in [-0.25, -0.2) is 19.5 Å². The van der Waals surface area contributed by atoms with E-state index >= 15 is 0 Å². The zero-order valence-electron chi connectivity index (χ0n) is 26.8. The number of amides is 4. The van der Waals surface area contributed by atoms with E-state index in [0.717, 1.165) is 5.56 Å². The van der Waals surface area contributed by atoms with Crippen molar-refractivity contribution in [2.45, 2.75) is 52.2 Å². The number of carbonyl (C=O) groups is 4. The van der Waals surface area contributed by atoms with Gasteiger partial charge in [-0.2, -0.15) is 5.10 Å². The Hall–Kier alpha value is -5.44. The molecule has 4 amide bonds. The van der Waals surface area contributed by atoms with Gasteiger partial charge in [-0.05, 0) is 43.9 Å². The van der Waals surface area contributed by atoms with E-state index in [4.69, 9.17) is 4.42 Å². The normalized spacial score (nSPS) is 19.4. The summed E-state index contributed by atoms with van der Waals surface area (Å²) in [7, 11) is 0. The maximum Gasteiger partial charge on any atom is 0.274 e. The second-order valence-electron chi connectivity index (χ2n) is 12.0. The molecule has 0 radical (unpaired) electrons. The van der Waals surface area contributed by atoms with Crippen LogP contribution in [0.2, 0.25) is 0 Å². The number of fused-ring (bicyclic) bond motifs is 5. The highest BCUT2D eigenvalue weighted by Gasteiger charge is 2.31. The van der Waals surface area contributed by atoms with Gasteiger partial charge >= 0.3 is 0 Å². The van der Waals surface area contributed by atoms with Crippen LogP contribution in [0.3, 0.4) is 0 Å². The molecule has 6 rings (SSSR count). The number of benzene rings is 1. The molecule has 0 saturated heterocycles. The summed E-state index contributed by atoms with van der Waals surface area (Å²) in [6, 6.07) is 10.9. The van der Waals surface area contributed by atoms with Gasteiger partial charge in [-0.15, -0.1) is 11.3 Å². The average Bonchev–Trinajstić information content (AvgIpc) is 3.82. The second-order valence-corrected chi connectivity index (χ2v) is 12.9. The zero-order valence-corrected chi connectivity index (χ0v) is 27.7. The van der Waals surface area contributed by atoms with E-state index in [1.807, 2.05) is 44.2 Å². The lowest BCUT2D eigenvalue weighted by Crippen LogP contribution is -2.50. The van der Waals surface area contributed by atoms with E-state index in [2.05, 4.69) is 36.0 Å². The van der Waals surface area contributed by atoms with Crippen LogP contribution in [0.5, 0.6) is 0 Å². The highest BCUT2D eigenvalue weighted by atomic mass is 32.1. The van der Waals surface area contributed by atoms with Gasteiger partial charge in [-0.3, -0.25) is 19.2 Å². The Morgan fingerprint density at radius 3 is 2.62 bits per heavy atom. The molecular formula is C33H35N9O5S. The van der Waals surface area contributed by atoms with E-state index in [-0.39, 0.29) is 42.0 Å². The van der Waals surface area contributed by atoms with Crippen LogP contribution < -0.4 is 16.0 Å². The van der Waals surface area contributed by atoms with Crippen LogP contribution in [0.4, 0.5) is 0 Å². The molecule has 4 aromatic heterocycles. The molecular weight excluding hydrogens is 634 g/mol. The summed E-state index contributed by atoms with van der Waals surface area (Å²) in [6.45, 7) is 6.84. The summed E-state index contributed by atoms with van der Waals surface area (Å²) >= 11 is 1.24. The fourth-order valence-electron chi connectivity index (χ4n) is 5.52. The molecule has 0 saturated carbocycles. The lowest BCUT2D eigenvalue weighted by atomic mass is 10.0. The molecule has 3 atom stereocenters. The minimum atomic E-state index is -0.695. The van der Waals surface area contributed by atoms with Gasteiger partial charge in [0, 0.05) is 23.7 Å². The van der Waals surface area contributed by atoms with Crippen LogP contribution >= 0.6 is 11.3 Å². The first kappa shape index (κ1) is 32.5. The smallest absolute Gasteiger partial charge is 0.274 e. The van der Waals surface area contributed by atoms with Crippen LogP contribution in [0.1, 0.15) is 86.4 Å². The number of pyridine rings is 1. The molecule has 1 aliphatic rings. The number of carbonyl (C=O) groups excluding carboxylic acids is 4. The topological polar surface area (TPSA) is 177 Å². The maximum absolute atomic E-state index is 14.1. The monoisotopic (exact) mass is 669 g/mol. The van der Waals surface area contributed by atoms with Crippen molar-refractivity contribution in [2.24, 2.45) is 5.92 Å². The Morgan fingerprint density at radius 2 is 1.85 bits per heavy atom. The van der Waals surface area contributed by atoms with Gasteiger partial charge in [0.05, 0.1) is 18.6 Å². The number of hydrogen-bond donors (Lipinski definition) is 3. The second kappa shape index (κ2) is 13.7. The van der Waals surface area contributed by atoms with Crippen LogP contribution in [0, 0.1) is 12.8 Å². The standard InChI is InChI=1S/C33H35N9O5S/c1-18(2)27-31-40-28(20(4)47-31)30(45)36-19(3)32-38-24(16-48-32)29(44)37-23(12-21-8-6-5-7-9-21)14-41(15-26(43)39-27)33(46)22-10-11-42-25(13-22)34-17-35-42/h5-11,13,16-19,23,27H,12,14-15H2,1-4H3,(H,36,45)(H,37,44)(H,39,43)/t19-,23-,27+/m1/s1. The third kappa shape index (κ3) is 7.10. The van der Waals surface area contributed by atoms with Gasteiger partial charge in [0.1, 0.15) is 28.8 Å². The molecule has 0 spiro atoms. The summed E-state index contributed by atoms with van der Waals surface area (Å²) in [6.07, 6.45) is 3.38. The number of nitrogens with zero attached hydrogens (tertiary/aromatic N) is 6. The minimum Gasteiger partial charge on any atom is -0.443 e. The summed E-state index contributed by atoms with van der Waals surface area (Å²) < 4.78 is 7.44. The first-order valence-corrected chi connectivity index (χ1v) is 16.4.